The molecule has 0 heterocycles. The van der Waals surface area contributed by atoms with Crippen LogP contribution in [-0.4, -0.2) is 30.0 Å². The smallest absolute Gasteiger partial charge is 0.293 e. The summed E-state index contributed by atoms with van der Waals surface area (Å²) in [6.45, 7) is -0.0536. The highest BCUT2D eigenvalue weighted by atomic mass is 79.9. The van der Waals surface area contributed by atoms with Crippen molar-refractivity contribution < 1.29 is 14.4 Å². The summed E-state index contributed by atoms with van der Waals surface area (Å²) in [5, 5.41) is 4.71. The molecule has 0 bridgehead atoms. The lowest BCUT2D eigenvalue weighted by Gasteiger charge is -2.09. The minimum atomic E-state index is -0.845. The van der Waals surface area contributed by atoms with Gasteiger partial charge in [-0.05, 0) is 18.2 Å². The van der Waals surface area contributed by atoms with Crippen LogP contribution in [0.3, 0.4) is 0 Å². The van der Waals surface area contributed by atoms with Gasteiger partial charge >= 0.3 is 0 Å². The van der Waals surface area contributed by atoms with Gasteiger partial charge in [-0.2, -0.15) is 0 Å². The quantitative estimate of drug-likeness (QED) is 0.363. The van der Waals surface area contributed by atoms with Crippen LogP contribution in [0.4, 0.5) is 5.69 Å². The lowest BCUT2D eigenvalue weighted by atomic mass is 10.1. The Balaban J connectivity index is 3.05. The van der Waals surface area contributed by atoms with Gasteiger partial charge in [0.05, 0.1) is 17.8 Å². The number of carbonyl (C=O) groups is 3. The van der Waals surface area contributed by atoms with Crippen molar-refractivity contribution in [2.24, 2.45) is 0 Å². The number of amides is 2. The highest BCUT2D eigenvalue weighted by Gasteiger charge is 2.20. The number of carbonyl (C=O) groups excluding carboxylic acids is 3. The fourth-order valence-electron chi connectivity index (χ4n) is 1.33. The topological polar surface area (TPSA) is 75.3 Å². The first-order valence-electron chi connectivity index (χ1n) is 5.41. The van der Waals surface area contributed by atoms with Crippen LogP contribution in [0, 0.1) is 12.3 Å². The van der Waals surface area contributed by atoms with Crippen molar-refractivity contribution in [2.75, 3.05) is 17.7 Å². The number of ketones is 1. The molecular formula is C13H10BrClN2O3. The molecule has 0 aliphatic heterocycles. The number of hydrogen-bond donors (Lipinski definition) is 2. The van der Waals surface area contributed by atoms with Crippen molar-refractivity contribution in [3.05, 3.63) is 28.2 Å². The van der Waals surface area contributed by atoms with Crippen molar-refractivity contribution in [1.29, 1.82) is 0 Å². The first-order valence-corrected chi connectivity index (χ1v) is 6.73. The molecule has 0 spiro atoms. The molecule has 0 aliphatic rings. The van der Waals surface area contributed by atoms with Crippen molar-refractivity contribution in [1.82, 2.24) is 5.32 Å². The van der Waals surface area contributed by atoms with E-state index in [1.165, 1.54) is 12.1 Å². The zero-order valence-electron chi connectivity index (χ0n) is 10.2. The third-order valence-corrected chi connectivity index (χ3v) is 2.91. The normalized spacial score (nSPS) is 9.45. The molecule has 0 saturated carbocycles. The van der Waals surface area contributed by atoms with E-state index in [4.69, 9.17) is 18.0 Å². The number of Topliss-reactive ketones (excluding diaryl/α,β-unsaturated/α-hetero) is 1. The van der Waals surface area contributed by atoms with Gasteiger partial charge in [-0.25, -0.2) is 0 Å². The molecule has 2 N–H and O–H groups in total. The summed E-state index contributed by atoms with van der Waals surface area (Å²) in [5.74, 6) is -0.189. The fraction of sp³-hybridized carbons (Fsp3) is 0.154. The number of alkyl halides is 1. The summed E-state index contributed by atoms with van der Waals surface area (Å²) >= 11 is 8.58. The van der Waals surface area contributed by atoms with Crippen LogP contribution in [-0.2, 0) is 9.59 Å². The van der Waals surface area contributed by atoms with E-state index in [0.29, 0.717) is 4.47 Å². The maximum Gasteiger partial charge on any atom is 0.293 e. The van der Waals surface area contributed by atoms with Crippen LogP contribution in [0.1, 0.15) is 10.4 Å². The number of terminal acetylenes is 1. The molecular weight excluding hydrogens is 348 g/mol. The van der Waals surface area contributed by atoms with E-state index in [2.05, 4.69) is 32.5 Å². The second-order valence-corrected chi connectivity index (χ2v) is 4.77. The van der Waals surface area contributed by atoms with E-state index in [0.717, 1.165) is 0 Å². The predicted molar refractivity (Wildman–Crippen MR) is 79.7 cm³/mol. The van der Waals surface area contributed by atoms with Gasteiger partial charge in [-0.3, -0.25) is 14.4 Å². The Morgan fingerprint density at radius 2 is 2.05 bits per heavy atom. The molecule has 1 aromatic rings. The SMILES string of the molecule is C#CCNC(=O)C(=O)c1cc(Br)ccc1NC(=O)CCl. The van der Waals surface area contributed by atoms with Crippen molar-refractivity contribution >= 4 is 50.8 Å². The highest BCUT2D eigenvalue weighted by Crippen LogP contribution is 2.21. The molecule has 20 heavy (non-hydrogen) atoms. The largest absolute Gasteiger partial charge is 0.338 e. The Morgan fingerprint density at radius 1 is 1.35 bits per heavy atom. The van der Waals surface area contributed by atoms with Gasteiger partial charge in [0.15, 0.2) is 0 Å². The number of benzene rings is 1. The van der Waals surface area contributed by atoms with E-state index in [-0.39, 0.29) is 23.7 Å². The highest BCUT2D eigenvalue weighted by molar-refractivity contribution is 9.10. The summed E-state index contributed by atoms with van der Waals surface area (Å²) in [7, 11) is 0. The summed E-state index contributed by atoms with van der Waals surface area (Å²) in [5.41, 5.74) is 0.257. The molecule has 0 aliphatic carbocycles. The monoisotopic (exact) mass is 356 g/mol. The Hall–Kier alpha value is -1.84. The molecule has 0 unspecified atom stereocenters. The lowest BCUT2D eigenvalue weighted by Crippen LogP contribution is -2.32. The van der Waals surface area contributed by atoms with Gasteiger partial charge in [0.1, 0.15) is 5.88 Å². The molecule has 0 fully saturated rings. The molecule has 0 radical (unpaired) electrons. The van der Waals surface area contributed by atoms with Crippen LogP contribution >= 0.6 is 27.5 Å². The third kappa shape index (κ3) is 4.37. The standard InChI is InChI=1S/C13H10BrClN2O3/c1-2-5-16-13(20)12(19)9-6-8(14)3-4-10(9)17-11(18)7-15/h1,3-4,6H,5,7H2,(H,16,20)(H,17,18). The predicted octanol–water partition coefficient (Wildman–Crippen LogP) is 1.56. The second-order valence-electron chi connectivity index (χ2n) is 3.59. The van der Waals surface area contributed by atoms with Gasteiger partial charge in [0.25, 0.3) is 11.7 Å². The molecule has 104 valence electrons. The first kappa shape index (κ1) is 16.2. The number of hydrogen-bond acceptors (Lipinski definition) is 3. The van der Waals surface area contributed by atoms with E-state index >= 15 is 0 Å². The van der Waals surface area contributed by atoms with Crippen LogP contribution < -0.4 is 10.6 Å². The lowest BCUT2D eigenvalue weighted by molar-refractivity contribution is -0.117. The summed E-state index contributed by atoms with van der Waals surface area (Å²) in [6, 6.07) is 4.55. The summed E-state index contributed by atoms with van der Waals surface area (Å²) in [6.07, 6.45) is 5.00. The second kappa shape index (κ2) is 7.68. The van der Waals surface area contributed by atoms with Gasteiger partial charge in [0, 0.05) is 4.47 Å². The number of rotatable bonds is 5. The molecule has 2 amide bonds. The van der Waals surface area contributed by atoms with E-state index in [9.17, 15) is 14.4 Å². The van der Waals surface area contributed by atoms with E-state index < -0.39 is 17.6 Å². The molecule has 0 atom stereocenters. The maximum atomic E-state index is 12.0. The van der Waals surface area contributed by atoms with Gasteiger partial charge in [-0.1, -0.05) is 21.9 Å². The Bertz CT molecular complexity index is 596. The van der Waals surface area contributed by atoms with Gasteiger partial charge in [0.2, 0.25) is 5.91 Å². The van der Waals surface area contributed by atoms with Crippen LogP contribution in [0.25, 0.3) is 0 Å². The van der Waals surface area contributed by atoms with E-state index in [1.807, 2.05) is 0 Å². The van der Waals surface area contributed by atoms with Crippen molar-refractivity contribution in [3.63, 3.8) is 0 Å². The average molecular weight is 358 g/mol. The molecule has 0 aromatic heterocycles. The third-order valence-electron chi connectivity index (χ3n) is 2.18. The van der Waals surface area contributed by atoms with Crippen LogP contribution in [0.2, 0.25) is 0 Å². The molecule has 1 rings (SSSR count). The van der Waals surface area contributed by atoms with Crippen molar-refractivity contribution in [3.8, 4) is 12.3 Å². The van der Waals surface area contributed by atoms with Gasteiger partial charge < -0.3 is 10.6 Å². The van der Waals surface area contributed by atoms with E-state index in [1.54, 1.807) is 6.07 Å². The maximum absolute atomic E-state index is 12.0. The van der Waals surface area contributed by atoms with Gasteiger partial charge in [-0.15, -0.1) is 18.0 Å². The minimum absolute atomic E-state index is 0.0485. The summed E-state index contributed by atoms with van der Waals surface area (Å²) in [4.78, 5) is 34.9. The first-order chi connectivity index (χ1) is 9.49. The van der Waals surface area contributed by atoms with Crippen molar-refractivity contribution in [2.45, 2.75) is 0 Å². The Kier molecular flexibility index (Phi) is 6.22. The Morgan fingerprint density at radius 3 is 2.65 bits per heavy atom. The minimum Gasteiger partial charge on any atom is -0.338 e. The van der Waals surface area contributed by atoms with Crippen LogP contribution in [0.15, 0.2) is 22.7 Å². The Labute approximate surface area is 129 Å². The number of nitrogens with one attached hydrogen (secondary N) is 2. The molecule has 5 nitrogen and oxygen atoms in total. The molecule has 0 saturated heterocycles. The zero-order chi connectivity index (χ0) is 15.1. The number of halogens is 2. The fourth-order valence-corrected chi connectivity index (χ4v) is 1.76. The average Bonchev–Trinajstić information content (AvgIpc) is 2.45. The molecule has 7 heteroatoms. The van der Waals surface area contributed by atoms with Crippen LogP contribution in [0.5, 0.6) is 0 Å². The molecule has 1 aromatic carbocycles. The zero-order valence-corrected chi connectivity index (χ0v) is 12.5. The number of anilines is 1. The summed E-state index contributed by atoms with van der Waals surface area (Å²) < 4.78 is 0.592.